The van der Waals surface area contributed by atoms with Crippen molar-refractivity contribution in [1.29, 1.82) is 5.26 Å². The highest BCUT2D eigenvalue weighted by molar-refractivity contribution is 6.03. The van der Waals surface area contributed by atoms with Gasteiger partial charge in [0.05, 0.1) is 0 Å². The number of fused-ring (bicyclic) bond motifs is 3. The summed E-state index contributed by atoms with van der Waals surface area (Å²) < 4.78 is 0. The van der Waals surface area contributed by atoms with Gasteiger partial charge < -0.3 is 4.85 Å². The Morgan fingerprint density at radius 1 is 0.944 bits per heavy atom. The monoisotopic (exact) mass is 230 g/mol. The minimum atomic E-state index is 0.333. The quantitative estimate of drug-likeness (QED) is 0.440. The van der Waals surface area contributed by atoms with Gasteiger partial charge in [0.25, 0.3) is 5.82 Å². The summed E-state index contributed by atoms with van der Waals surface area (Å²) in [5, 5.41) is 10.7. The molecule has 82 valence electrons. The maximum atomic E-state index is 8.89. The fraction of sp³-hybridized carbons (Fsp3) is 0. The normalized spacial score (nSPS) is 10.1. The van der Waals surface area contributed by atoms with Crippen molar-refractivity contribution in [2.24, 2.45) is 0 Å². The number of hydrogen-bond acceptors (Lipinski definition) is 3. The van der Waals surface area contributed by atoms with Crippen LogP contribution in [-0.4, -0.2) is 9.97 Å². The molecule has 0 saturated carbocycles. The molecule has 3 aromatic rings. The average molecular weight is 230 g/mol. The van der Waals surface area contributed by atoms with E-state index >= 15 is 0 Å². The maximum Gasteiger partial charge on any atom is 0.270 e. The summed E-state index contributed by atoms with van der Waals surface area (Å²) in [7, 11) is 0. The number of pyridine rings is 2. The second-order valence-electron chi connectivity index (χ2n) is 3.80. The third-order valence-corrected chi connectivity index (χ3v) is 2.73. The summed E-state index contributed by atoms with van der Waals surface area (Å²) in [5.41, 5.74) is 1.68. The predicted octanol–water partition coefficient (Wildman–Crippen LogP) is 3.21. The minimum Gasteiger partial charge on any atom is -0.361 e. The number of nitrogens with zero attached hydrogens (tertiary/aromatic N) is 4. The van der Waals surface area contributed by atoms with Crippen molar-refractivity contribution in [2.45, 2.75) is 0 Å². The Balaban J connectivity index is 2.50. The fourth-order valence-electron chi connectivity index (χ4n) is 1.88. The molecule has 0 amide bonds. The van der Waals surface area contributed by atoms with E-state index in [-0.39, 0.29) is 0 Å². The molecule has 0 aliphatic rings. The zero-order valence-electron chi connectivity index (χ0n) is 9.25. The first kappa shape index (κ1) is 10.2. The lowest BCUT2D eigenvalue weighted by Gasteiger charge is -2.00. The van der Waals surface area contributed by atoms with E-state index in [1.807, 2.05) is 30.3 Å². The highest BCUT2D eigenvalue weighted by atomic mass is 14.9. The van der Waals surface area contributed by atoms with Crippen molar-refractivity contribution in [3.05, 3.63) is 53.5 Å². The average Bonchev–Trinajstić information content (AvgIpc) is 2.45. The number of hydrogen-bond donors (Lipinski definition) is 0. The number of rotatable bonds is 0. The number of nitriles is 1. The van der Waals surface area contributed by atoms with E-state index in [9.17, 15) is 0 Å². The van der Waals surface area contributed by atoms with Gasteiger partial charge in [-0.15, -0.1) is 4.98 Å². The molecule has 0 N–H and O–H groups in total. The molecule has 3 rings (SSSR count). The number of aromatic nitrogens is 2. The van der Waals surface area contributed by atoms with Gasteiger partial charge >= 0.3 is 0 Å². The van der Waals surface area contributed by atoms with Crippen LogP contribution in [-0.2, 0) is 0 Å². The zero-order chi connectivity index (χ0) is 12.5. The van der Waals surface area contributed by atoms with Crippen LogP contribution in [0.15, 0.2) is 36.4 Å². The molecule has 0 aliphatic heterocycles. The third kappa shape index (κ3) is 1.45. The number of benzene rings is 1. The maximum absolute atomic E-state index is 8.89. The predicted molar refractivity (Wildman–Crippen MR) is 68.0 cm³/mol. The van der Waals surface area contributed by atoms with Crippen molar-refractivity contribution >= 4 is 27.6 Å². The second kappa shape index (κ2) is 3.80. The summed E-state index contributed by atoms with van der Waals surface area (Å²) in [4.78, 5) is 11.9. The Kier molecular flexibility index (Phi) is 2.15. The van der Waals surface area contributed by atoms with Crippen LogP contribution >= 0.6 is 0 Å². The topological polar surface area (TPSA) is 53.9 Å². The standard InChI is InChI=1S/C14H6N4/c1-16-12-7-5-10-3-2-9-4-6-11(8-15)17-13(9)14(10)18-12/h2-7H. The largest absolute Gasteiger partial charge is 0.361 e. The molecule has 0 saturated heterocycles. The molecule has 0 fully saturated rings. The van der Waals surface area contributed by atoms with Gasteiger partial charge in [-0.2, -0.15) is 5.26 Å². The van der Waals surface area contributed by atoms with Crippen molar-refractivity contribution < 1.29 is 0 Å². The lowest BCUT2D eigenvalue weighted by molar-refractivity contribution is 1.32. The van der Waals surface area contributed by atoms with E-state index < -0.39 is 0 Å². The van der Waals surface area contributed by atoms with E-state index in [0.717, 1.165) is 10.8 Å². The van der Waals surface area contributed by atoms with Crippen LogP contribution in [0.4, 0.5) is 5.82 Å². The minimum absolute atomic E-state index is 0.333. The van der Waals surface area contributed by atoms with E-state index in [0.29, 0.717) is 22.5 Å². The first-order valence-corrected chi connectivity index (χ1v) is 5.30. The molecule has 4 nitrogen and oxygen atoms in total. The first-order chi connectivity index (χ1) is 8.81. The van der Waals surface area contributed by atoms with Crippen LogP contribution in [0.1, 0.15) is 5.69 Å². The zero-order valence-corrected chi connectivity index (χ0v) is 9.25. The smallest absolute Gasteiger partial charge is 0.270 e. The lowest BCUT2D eigenvalue weighted by Crippen LogP contribution is -1.88. The summed E-state index contributed by atoms with van der Waals surface area (Å²) in [6.45, 7) is 7.00. The van der Waals surface area contributed by atoms with Gasteiger partial charge in [0.2, 0.25) is 0 Å². The van der Waals surface area contributed by atoms with Gasteiger partial charge in [-0.05, 0) is 24.3 Å². The van der Waals surface area contributed by atoms with Gasteiger partial charge in [-0.25, -0.2) is 4.98 Å². The second-order valence-corrected chi connectivity index (χ2v) is 3.80. The van der Waals surface area contributed by atoms with Gasteiger partial charge in [-0.1, -0.05) is 18.7 Å². The molecular formula is C14H6N4. The van der Waals surface area contributed by atoms with Crippen molar-refractivity contribution in [3.63, 3.8) is 0 Å². The van der Waals surface area contributed by atoms with Crippen LogP contribution in [0.5, 0.6) is 0 Å². The Labute approximate surface area is 103 Å². The van der Waals surface area contributed by atoms with Gasteiger partial charge in [0.1, 0.15) is 17.3 Å². The molecule has 0 bridgehead atoms. The Morgan fingerprint density at radius 3 is 2.22 bits per heavy atom. The van der Waals surface area contributed by atoms with Crippen LogP contribution in [0.25, 0.3) is 26.7 Å². The molecule has 2 aromatic heterocycles. The molecule has 0 atom stereocenters. The molecule has 0 spiro atoms. The van der Waals surface area contributed by atoms with E-state index in [1.54, 1.807) is 12.1 Å². The van der Waals surface area contributed by atoms with Crippen LogP contribution in [0, 0.1) is 17.9 Å². The van der Waals surface area contributed by atoms with E-state index in [1.165, 1.54) is 0 Å². The Hall–Kier alpha value is -2.98. The van der Waals surface area contributed by atoms with Gasteiger partial charge in [0, 0.05) is 10.8 Å². The van der Waals surface area contributed by atoms with Crippen molar-refractivity contribution in [1.82, 2.24) is 9.97 Å². The molecule has 0 aliphatic carbocycles. The summed E-state index contributed by atoms with van der Waals surface area (Å²) >= 11 is 0. The third-order valence-electron chi connectivity index (χ3n) is 2.73. The fourth-order valence-corrected chi connectivity index (χ4v) is 1.88. The van der Waals surface area contributed by atoms with Crippen LogP contribution in [0.3, 0.4) is 0 Å². The van der Waals surface area contributed by atoms with Crippen LogP contribution < -0.4 is 0 Å². The summed E-state index contributed by atoms with van der Waals surface area (Å²) in [6.07, 6.45) is 0. The molecule has 1 aromatic carbocycles. The molecule has 2 heterocycles. The summed E-state index contributed by atoms with van der Waals surface area (Å²) in [5.74, 6) is 0.333. The van der Waals surface area contributed by atoms with Crippen molar-refractivity contribution in [2.75, 3.05) is 0 Å². The molecule has 0 radical (unpaired) electrons. The van der Waals surface area contributed by atoms with Crippen molar-refractivity contribution in [3.8, 4) is 6.07 Å². The lowest BCUT2D eigenvalue weighted by atomic mass is 10.1. The molecule has 0 unspecified atom stereocenters. The van der Waals surface area contributed by atoms with E-state index in [4.69, 9.17) is 11.8 Å². The van der Waals surface area contributed by atoms with Gasteiger partial charge in [0.15, 0.2) is 5.52 Å². The van der Waals surface area contributed by atoms with E-state index in [2.05, 4.69) is 14.8 Å². The molecular weight excluding hydrogens is 224 g/mol. The molecule has 18 heavy (non-hydrogen) atoms. The SMILES string of the molecule is [C-]#[N+]c1ccc2ccc3ccc(C#N)nc3c2n1. The first-order valence-electron chi connectivity index (χ1n) is 5.30. The Morgan fingerprint density at radius 2 is 1.56 bits per heavy atom. The Bertz CT molecular complexity index is 780. The highest BCUT2D eigenvalue weighted by Crippen LogP contribution is 2.24. The van der Waals surface area contributed by atoms with Crippen LogP contribution in [0.2, 0.25) is 0 Å². The molecule has 4 heteroatoms. The highest BCUT2D eigenvalue weighted by Gasteiger charge is 2.08. The summed E-state index contributed by atoms with van der Waals surface area (Å²) in [6, 6.07) is 12.9. The van der Waals surface area contributed by atoms with Gasteiger partial charge in [-0.3, -0.25) is 0 Å².